The van der Waals surface area contributed by atoms with Gasteiger partial charge in [0.2, 0.25) is 0 Å². The van der Waals surface area contributed by atoms with Crippen molar-refractivity contribution in [2.24, 2.45) is 23.2 Å². The van der Waals surface area contributed by atoms with Gasteiger partial charge in [-0.05, 0) is 38.4 Å². The first kappa shape index (κ1) is 23.0. The molecule has 0 aromatic heterocycles. The summed E-state index contributed by atoms with van der Waals surface area (Å²) < 4.78 is 24.7. The van der Waals surface area contributed by atoms with Crippen LogP contribution in [0.1, 0.15) is 54.9 Å². The van der Waals surface area contributed by atoms with Crippen molar-refractivity contribution in [2.45, 2.75) is 91.0 Å². The van der Waals surface area contributed by atoms with Crippen LogP contribution in [0.25, 0.3) is 0 Å². The molecule has 166 valence electrons. The van der Waals surface area contributed by atoms with E-state index in [0.717, 1.165) is 0 Å². The molecule has 29 heavy (non-hydrogen) atoms. The Balaban J connectivity index is 1.72. The smallest absolute Gasteiger partial charge is 0.310 e. The van der Waals surface area contributed by atoms with Gasteiger partial charge < -0.3 is 18.6 Å². The standard InChI is InChI=1S/C23H40O5Si/c1-15(28-29(8,9)21(2,3)4)19-17-11-10-16(12-18(17)20(24)27-19)23(7)25-13-22(5,6)14-26-23/h10-11,15-19H,12-14H2,1-9H3/t15-,16-,17-,18-,19-/m0/s1. The Morgan fingerprint density at radius 1 is 1.14 bits per heavy atom. The minimum absolute atomic E-state index is 0.0222. The van der Waals surface area contributed by atoms with Crippen LogP contribution in [0.15, 0.2) is 12.2 Å². The van der Waals surface area contributed by atoms with Crippen LogP contribution in [0.4, 0.5) is 0 Å². The Morgan fingerprint density at radius 3 is 2.28 bits per heavy atom. The van der Waals surface area contributed by atoms with E-state index in [4.69, 9.17) is 18.6 Å². The lowest BCUT2D eigenvalue weighted by Crippen LogP contribution is -2.51. The number of hydrogen-bond donors (Lipinski definition) is 0. The summed E-state index contributed by atoms with van der Waals surface area (Å²) in [6.45, 7) is 20.8. The molecule has 2 fully saturated rings. The van der Waals surface area contributed by atoms with Crippen LogP contribution < -0.4 is 0 Å². The summed E-state index contributed by atoms with van der Waals surface area (Å²) in [7, 11) is -1.94. The highest BCUT2D eigenvalue weighted by atomic mass is 28.4. The summed E-state index contributed by atoms with van der Waals surface area (Å²) in [6, 6.07) is 0. The summed E-state index contributed by atoms with van der Waals surface area (Å²) in [5.41, 5.74) is 0.0222. The summed E-state index contributed by atoms with van der Waals surface area (Å²) in [6.07, 6.45) is 4.68. The first-order chi connectivity index (χ1) is 13.2. The van der Waals surface area contributed by atoms with E-state index < -0.39 is 14.1 Å². The number of hydrogen-bond acceptors (Lipinski definition) is 5. The monoisotopic (exact) mass is 424 g/mol. The molecular weight excluding hydrogens is 384 g/mol. The van der Waals surface area contributed by atoms with Gasteiger partial charge in [-0.3, -0.25) is 4.79 Å². The maximum absolute atomic E-state index is 12.7. The third kappa shape index (κ3) is 4.50. The zero-order valence-electron chi connectivity index (χ0n) is 19.7. The molecule has 2 heterocycles. The molecule has 2 aliphatic heterocycles. The van der Waals surface area contributed by atoms with Gasteiger partial charge in [-0.1, -0.05) is 46.8 Å². The van der Waals surface area contributed by atoms with E-state index in [0.29, 0.717) is 19.6 Å². The predicted molar refractivity (Wildman–Crippen MR) is 116 cm³/mol. The average Bonchev–Trinajstić information content (AvgIpc) is 2.93. The maximum Gasteiger partial charge on any atom is 0.310 e. The topological polar surface area (TPSA) is 54.0 Å². The first-order valence-corrected chi connectivity index (χ1v) is 13.9. The molecule has 3 aliphatic rings. The number of rotatable bonds is 4. The fourth-order valence-electron chi connectivity index (χ4n) is 4.28. The van der Waals surface area contributed by atoms with Gasteiger partial charge in [0.1, 0.15) is 6.10 Å². The van der Waals surface area contributed by atoms with Crippen molar-refractivity contribution < 1.29 is 23.4 Å². The van der Waals surface area contributed by atoms with Gasteiger partial charge >= 0.3 is 5.97 Å². The Bertz CT molecular complexity index is 653. The number of esters is 1. The number of carbonyl (C=O) groups excluding carboxylic acids is 1. The molecule has 0 N–H and O–H groups in total. The largest absolute Gasteiger partial charge is 0.459 e. The highest BCUT2D eigenvalue weighted by Crippen LogP contribution is 2.46. The molecule has 0 bridgehead atoms. The quantitative estimate of drug-likeness (QED) is 0.364. The Morgan fingerprint density at radius 2 is 1.72 bits per heavy atom. The van der Waals surface area contributed by atoms with Crippen molar-refractivity contribution >= 4 is 14.3 Å². The number of carbonyl (C=O) groups is 1. The average molecular weight is 425 g/mol. The second-order valence-corrected chi connectivity index (χ2v) is 16.4. The number of ether oxygens (including phenoxy) is 3. The van der Waals surface area contributed by atoms with Crippen molar-refractivity contribution in [1.29, 1.82) is 0 Å². The van der Waals surface area contributed by atoms with Gasteiger partial charge in [-0.15, -0.1) is 0 Å². The molecule has 5 atom stereocenters. The second-order valence-electron chi connectivity index (χ2n) is 11.7. The Hall–Kier alpha value is -0.693. The van der Waals surface area contributed by atoms with Crippen LogP contribution in [0.5, 0.6) is 0 Å². The lowest BCUT2D eigenvalue weighted by atomic mass is 9.74. The van der Waals surface area contributed by atoms with E-state index in [2.05, 4.69) is 66.8 Å². The number of cyclic esters (lactones) is 1. The minimum Gasteiger partial charge on any atom is -0.459 e. The van der Waals surface area contributed by atoms with Crippen molar-refractivity contribution in [3.05, 3.63) is 12.2 Å². The molecule has 1 aliphatic carbocycles. The van der Waals surface area contributed by atoms with Gasteiger partial charge in [0.05, 0.1) is 25.2 Å². The number of fused-ring (bicyclic) bond motifs is 1. The van der Waals surface area contributed by atoms with Gasteiger partial charge in [0, 0.05) is 17.3 Å². The van der Waals surface area contributed by atoms with Crippen molar-refractivity contribution in [3.8, 4) is 0 Å². The zero-order chi connectivity index (χ0) is 21.8. The third-order valence-corrected chi connectivity index (χ3v) is 12.0. The van der Waals surface area contributed by atoms with Crippen molar-refractivity contribution in [1.82, 2.24) is 0 Å². The van der Waals surface area contributed by atoms with E-state index in [1.807, 2.05) is 6.92 Å². The maximum atomic E-state index is 12.7. The Labute approximate surface area is 177 Å². The molecule has 0 saturated carbocycles. The van der Waals surface area contributed by atoms with Gasteiger partial charge in [-0.25, -0.2) is 0 Å². The highest BCUT2D eigenvalue weighted by Gasteiger charge is 2.53. The molecule has 0 spiro atoms. The van der Waals surface area contributed by atoms with E-state index in [9.17, 15) is 4.79 Å². The van der Waals surface area contributed by atoms with Crippen molar-refractivity contribution in [3.63, 3.8) is 0 Å². The normalized spacial score (nSPS) is 35.1. The molecular formula is C23H40O5Si. The van der Waals surface area contributed by atoms with E-state index >= 15 is 0 Å². The van der Waals surface area contributed by atoms with Crippen LogP contribution in [-0.2, 0) is 23.4 Å². The summed E-state index contributed by atoms with van der Waals surface area (Å²) in [5.74, 6) is -0.845. The second kappa shape index (κ2) is 7.47. The van der Waals surface area contributed by atoms with Gasteiger partial charge in [0.25, 0.3) is 0 Å². The van der Waals surface area contributed by atoms with Crippen LogP contribution in [0.2, 0.25) is 18.1 Å². The molecule has 0 aromatic rings. The highest BCUT2D eigenvalue weighted by molar-refractivity contribution is 6.74. The lowest BCUT2D eigenvalue weighted by Gasteiger charge is -2.46. The molecule has 6 heteroatoms. The van der Waals surface area contributed by atoms with E-state index in [1.54, 1.807) is 0 Å². The molecule has 5 nitrogen and oxygen atoms in total. The molecule has 0 radical (unpaired) electrons. The van der Waals surface area contributed by atoms with Crippen LogP contribution >= 0.6 is 0 Å². The summed E-state index contributed by atoms with van der Waals surface area (Å²) >= 11 is 0. The van der Waals surface area contributed by atoms with Gasteiger partial charge in [-0.2, -0.15) is 0 Å². The summed E-state index contributed by atoms with van der Waals surface area (Å²) in [5, 5.41) is 0.120. The Kier molecular flexibility index (Phi) is 5.92. The SMILES string of the molecule is C[C@H](O[Si](C)(C)C(C)(C)C)[C@@H]1OC(=O)[C@H]2C[C@@H](C3(C)OCC(C)(C)CO3)C=C[C@H]12. The third-order valence-electron chi connectivity index (χ3n) is 7.39. The first-order valence-electron chi connectivity index (χ1n) is 11.0. The van der Waals surface area contributed by atoms with Crippen molar-refractivity contribution in [2.75, 3.05) is 13.2 Å². The summed E-state index contributed by atoms with van der Waals surface area (Å²) in [4.78, 5) is 12.7. The minimum atomic E-state index is -1.94. The van der Waals surface area contributed by atoms with Crippen LogP contribution in [0, 0.1) is 23.2 Å². The molecule has 2 saturated heterocycles. The molecule has 3 rings (SSSR count). The van der Waals surface area contributed by atoms with E-state index in [1.165, 1.54) is 0 Å². The van der Waals surface area contributed by atoms with Crippen LogP contribution in [0.3, 0.4) is 0 Å². The fourth-order valence-corrected chi connectivity index (χ4v) is 5.70. The van der Waals surface area contributed by atoms with Gasteiger partial charge in [0.15, 0.2) is 14.1 Å². The fraction of sp³-hybridized carbons (Fsp3) is 0.870. The van der Waals surface area contributed by atoms with Crippen LogP contribution in [-0.4, -0.2) is 45.5 Å². The molecule has 0 amide bonds. The van der Waals surface area contributed by atoms with E-state index in [-0.39, 0.29) is 46.4 Å². The molecule has 0 aromatic carbocycles. The molecule has 0 unspecified atom stereocenters. The lowest BCUT2D eigenvalue weighted by molar-refractivity contribution is -0.308. The zero-order valence-corrected chi connectivity index (χ0v) is 20.7. The predicted octanol–water partition coefficient (Wildman–Crippen LogP) is 4.92.